The first-order chi connectivity index (χ1) is 10.2. The maximum atomic E-state index is 12.3. The summed E-state index contributed by atoms with van der Waals surface area (Å²) < 4.78 is 23.2. The number of hydrogen-bond acceptors (Lipinski definition) is 3. The summed E-state index contributed by atoms with van der Waals surface area (Å²) >= 11 is 5.74. The van der Waals surface area contributed by atoms with Gasteiger partial charge in [-0.15, -0.1) is 11.6 Å². The third kappa shape index (κ3) is 8.50. The Morgan fingerprint density at radius 1 is 1.00 bits per heavy atom. The molecule has 0 aromatic heterocycles. The second-order valence-corrected chi connectivity index (χ2v) is 7.71. The van der Waals surface area contributed by atoms with Crippen molar-refractivity contribution in [3.05, 3.63) is 30.3 Å². The van der Waals surface area contributed by atoms with Gasteiger partial charge in [0.25, 0.3) is 0 Å². The van der Waals surface area contributed by atoms with E-state index in [4.69, 9.17) is 20.6 Å². The van der Waals surface area contributed by atoms with Crippen molar-refractivity contribution in [2.75, 3.05) is 12.2 Å². The van der Waals surface area contributed by atoms with Crippen LogP contribution in [0.15, 0.2) is 30.3 Å². The van der Waals surface area contributed by atoms with Crippen molar-refractivity contribution in [2.24, 2.45) is 0 Å². The first-order valence-corrected chi connectivity index (χ1v) is 10.0. The molecule has 1 unspecified atom stereocenters. The van der Waals surface area contributed by atoms with Crippen molar-refractivity contribution >= 4 is 19.2 Å². The van der Waals surface area contributed by atoms with Crippen molar-refractivity contribution in [3.8, 4) is 5.75 Å². The molecular formula is C16H26ClO3P. The minimum atomic E-state index is -3.22. The molecule has 0 fully saturated rings. The third-order valence-corrected chi connectivity index (χ3v) is 5.41. The Kier molecular flexibility index (Phi) is 9.82. The summed E-state index contributed by atoms with van der Waals surface area (Å²) in [6, 6.07) is 9.01. The van der Waals surface area contributed by atoms with Crippen LogP contribution in [0.1, 0.15) is 51.9 Å². The number of para-hydroxylation sites is 1. The summed E-state index contributed by atoms with van der Waals surface area (Å²) in [6.07, 6.45) is 8.33. The normalized spacial score (nSPS) is 13.8. The topological polar surface area (TPSA) is 35.5 Å². The lowest BCUT2D eigenvalue weighted by molar-refractivity contribution is 0.261. The van der Waals surface area contributed by atoms with Gasteiger partial charge in [0.2, 0.25) is 0 Å². The predicted octanol–water partition coefficient (Wildman–Crippen LogP) is 6.22. The number of halogens is 1. The molecule has 0 spiro atoms. The van der Waals surface area contributed by atoms with Gasteiger partial charge in [0.05, 0.1) is 6.61 Å². The maximum absolute atomic E-state index is 12.3. The Bertz CT molecular complexity index is 411. The molecular weight excluding hydrogens is 307 g/mol. The molecule has 0 N–H and O–H groups in total. The second-order valence-electron chi connectivity index (χ2n) is 5.09. The third-order valence-electron chi connectivity index (χ3n) is 3.17. The Hall–Kier alpha value is -0.500. The lowest BCUT2D eigenvalue weighted by atomic mass is 10.1. The molecule has 3 nitrogen and oxygen atoms in total. The van der Waals surface area contributed by atoms with Crippen LogP contribution in [-0.2, 0) is 9.09 Å². The minimum Gasteiger partial charge on any atom is -0.424 e. The second kappa shape index (κ2) is 11.1. The zero-order valence-electron chi connectivity index (χ0n) is 12.8. The van der Waals surface area contributed by atoms with Crippen LogP contribution in [0.4, 0.5) is 0 Å². The van der Waals surface area contributed by atoms with E-state index in [0.29, 0.717) is 12.4 Å². The SMILES string of the molecule is CCCCCCCCCOP(=O)(CCl)Oc1ccccc1. The van der Waals surface area contributed by atoms with E-state index in [1.807, 2.05) is 18.2 Å². The van der Waals surface area contributed by atoms with Crippen molar-refractivity contribution in [1.29, 1.82) is 0 Å². The minimum absolute atomic E-state index is 0.127. The van der Waals surface area contributed by atoms with Crippen LogP contribution in [0.2, 0.25) is 0 Å². The monoisotopic (exact) mass is 332 g/mol. The Labute approximate surface area is 133 Å². The molecule has 0 aliphatic rings. The first kappa shape index (κ1) is 18.5. The molecule has 0 heterocycles. The standard InChI is InChI=1S/C16H26ClO3P/c1-2-3-4-5-6-7-11-14-19-21(18,15-17)20-16-12-9-8-10-13-16/h8-10,12-13H,2-7,11,14-15H2,1H3. The predicted molar refractivity (Wildman–Crippen MR) is 89.3 cm³/mol. The Balaban J connectivity index is 2.20. The molecule has 1 rings (SSSR count). The van der Waals surface area contributed by atoms with Gasteiger partial charge in [-0.05, 0) is 18.6 Å². The number of unbranched alkanes of at least 4 members (excludes halogenated alkanes) is 6. The van der Waals surface area contributed by atoms with Crippen LogP contribution in [0, 0.1) is 0 Å². The lowest BCUT2D eigenvalue weighted by Crippen LogP contribution is -2.01. The summed E-state index contributed by atoms with van der Waals surface area (Å²) in [7, 11) is -3.22. The maximum Gasteiger partial charge on any atom is 0.393 e. The number of alkyl halides is 1. The zero-order chi connectivity index (χ0) is 15.4. The van der Waals surface area contributed by atoms with Gasteiger partial charge < -0.3 is 4.52 Å². The molecule has 0 aliphatic heterocycles. The summed E-state index contributed by atoms with van der Waals surface area (Å²) in [5.41, 5.74) is -0.127. The van der Waals surface area contributed by atoms with E-state index in [-0.39, 0.29) is 5.62 Å². The molecule has 5 heteroatoms. The fourth-order valence-electron chi connectivity index (χ4n) is 1.99. The van der Waals surface area contributed by atoms with E-state index in [1.165, 1.54) is 32.1 Å². The summed E-state index contributed by atoms with van der Waals surface area (Å²) in [4.78, 5) is 0. The fraction of sp³-hybridized carbons (Fsp3) is 0.625. The van der Waals surface area contributed by atoms with Gasteiger partial charge in [-0.1, -0.05) is 63.6 Å². The largest absolute Gasteiger partial charge is 0.424 e. The van der Waals surface area contributed by atoms with Gasteiger partial charge >= 0.3 is 7.60 Å². The summed E-state index contributed by atoms with van der Waals surface area (Å²) in [5.74, 6) is 0.529. The molecule has 0 aliphatic carbocycles. The molecule has 0 saturated carbocycles. The van der Waals surface area contributed by atoms with Gasteiger partial charge in [0.15, 0.2) is 0 Å². The highest BCUT2D eigenvalue weighted by molar-refractivity contribution is 7.56. The van der Waals surface area contributed by atoms with Gasteiger partial charge in [-0.25, -0.2) is 4.57 Å². The smallest absolute Gasteiger partial charge is 0.393 e. The Morgan fingerprint density at radius 3 is 2.24 bits per heavy atom. The van der Waals surface area contributed by atoms with Crippen molar-refractivity contribution in [3.63, 3.8) is 0 Å². The average Bonchev–Trinajstić information content (AvgIpc) is 2.51. The quantitative estimate of drug-likeness (QED) is 0.259. The van der Waals surface area contributed by atoms with E-state index in [2.05, 4.69) is 6.92 Å². The molecule has 1 aromatic rings. The van der Waals surface area contributed by atoms with Gasteiger partial charge in [0.1, 0.15) is 11.4 Å². The van der Waals surface area contributed by atoms with Crippen LogP contribution < -0.4 is 4.52 Å². The van der Waals surface area contributed by atoms with E-state index >= 15 is 0 Å². The van der Waals surface area contributed by atoms with E-state index < -0.39 is 7.60 Å². The highest BCUT2D eigenvalue weighted by Gasteiger charge is 2.24. The molecule has 0 radical (unpaired) electrons. The zero-order valence-corrected chi connectivity index (χ0v) is 14.5. The molecule has 0 amide bonds. The van der Waals surface area contributed by atoms with Gasteiger partial charge in [-0.3, -0.25) is 4.52 Å². The summed E-state index contributed by atoms with van der Waals surface area (Å²) in [5, 5.41) is 0. The molecule has 120 valence electrons. The molecule has 0 saturated heterocycles. The van der Waals surface area contributed by atoms with E-state index in [1.54, 1.807) is 12.1 Å². The van der Waals surface area contributed by atoms with Crippen LogP contribution in [0.25, 0.3) is 0 Å². The molecule has 21 heavy (non-hydrogen) atoms. The van der Waals surface area contributed by atoms with Crippen molar-refractivity contribution < 1.29 is 13.6 Å². The first-order valence-electron chi connectivity index (χ1n) is 7.74. The summed E-state index contributed by atoms with van der Waals surface area (Å²) in [6.45, 7) is 2.65. The van der Waals surface area contributed by atoms with E-state index in [0.717, 1.165) is 12.8 Å². The number of rotatable bonds is 12. The van der Waals surface area contributed by atoms with Crippen LogP contribution >= 0.6 is 19.2 Å². The average molecular weight is 333 g/mol. The molecule has 0 bridgehead atoms. The lowest BCUT2D eigenvalue weighted by Gasteiger charge is -2.17. The highest BCUT2D eigenvalue weighted by Crippen LogP contribution is 2.49. The molecule has 1 aromatic carbocycles. The van der Waals surface area contributed by atoms with Crippen LogP contribution in [-0.4, -0.2) is 12.2 Å². The number of benzene rings is 1. The highest BCUT2D eigenvalue weighted by atomic mass is 35.5. The van der Waals surface area contributed by atoms with Crippen molar-refractivity contribution in [2.45, 2.75) is 51.9 Å². The van der Waals surface area contributed by atoms with Crippen LogP contribution in [0.5, 0.6) is 5.75 Å². The Morgan fingerprint density at radius 2 is 1.62 bits per heavy atom. The molecule has 1 atom stereocenters. The van der Waals surface area contributed by atoms with Gasteiger partial charge in [-0.2, -0.15) is 0 Å². The van der Waals surface area contributed by atoms with E-state index in [9.17, 15) is 4.57 Å². The number of hydrogen-bond donors (Lipinski definition) is 0. The van der Waals surface area contributed by atoms with Crippen LogP contribution in [0.3, 0.4) is 0 Å². The van der Waals surface area contributed by atoms with Crippen molar-refractivity contribution in [1.82, 2.24) is 0 Å². The van der Waals surface area contributed by atoms with Gasteiger partial charge in [0, 0.05) is 0 Å². The fourth-order valence-corrected chi connectivity index (χ4v) is 3.36.